The van der Waals surface area contributed by atoms with Crippen LogP contribution in [0.5, 0.6) is 0 Å². The number of nitrogens with zero attached hydrogens (tertiary/aromatic N) is 2. The topological polar surface area (TPSA) is 115 Å². The van der Waals surface area contributed by atoms with Gasteiger partial charge in [-0.25, -0.2) is 4.79 Å². The SMILES string of the molecule is C[C@@H]1CCC[C@H](NC(=O)O)c2cccc(c2)-c2ncc(C#N)cc2NC1=O. The summed E-state index contributed by atoms with van der Waals surface area (Å²) >= 11 is 0. The minimum Gasteiger partial charge on any atom is -0.465 e. The Balaban J connectivity index is 2.12. The summed E-state index contributed by atoms with van der Waals surface area (Å²) < 4.78 is 0. The molecule has 0 unspecified atom stereocenters. The fourth-order valence-electron chi connectivity index (χ4n) is 3.24. The van der Waals surface area contributed by atoms with Crippen molar-refractivity contribution < 1.29 is 14.7 Å². The lowest BCUT2D eigenvalue weighted by molar-refractivity contribution is -0.119. The smallest absolute Gasteiger partial charge is 0.405 e. The van der Waals surface area contributed by atoms with E-state index in [9.17, 15) is 14.7 Å². The molecule has 1 aromatic carbocycles. The fraction of sp³-hybridized carbons (Fsp3) is 0.300. The molecule has 0 saturated heterocycles. The summed E-state index contributed by atoms with van der Waals surface area (Å²) in [6.07, 6.45) is 2.30. The van der Waals surface area contributed by atoms with E-state index in [1.54, 1.807) is 6.07 Å². The predicted molar refractivity (Wildman–Crippen MR) is 99.9 cm³/mol. The Morgan fingerprint density at radius 1 is 1.37 bits per heavy atom. The molecule has 0 saturated carbocycles. The normalized spacial score (nSPS) is 19.5. The molecule has 138 valence electrons. The minimum absolute atomic E-state index is 0.146. The Hall–Kier alpha value is -3.40. The van der Waals surface area contributed by atoms with Gasteiger partial charge in [-0.1, -0.05) is 31.5 Å². The zero-order chi connectivity index (χ0) is 19.4. The van der Waals surface area contributed by atoms with Crippen molar-refractivity contribution in [1.29, 1.82) is 5.26 Å². The summed E-state index contributed by atoms with van der Waals surface area (Å²) in [7, 11) is 0. The van der Waals surface area contributed by atoms with Gasteiger partial charge in [0.1, 0.15) is 6.07 Å². The third kappa shape index (κ3) is 4.23. The van der Waals surface area contributed by atoms with Crippen molar-refractivity contribution in [2.24, 2.45) is 5.92 Å². The van der Waals surface area contributed by atoms with E-state index in [0.717, 1.165) is 11.1 Å². The van der Waals surface area contributed by atoms with Crippen LogP contribution in [0.1, 0.15) is 43.4 Å². The highest BCUT2D eigenvalue weighted by molar-refractivity contribution is 5.96. The lowest BCUT2D eigenvalue weighted by Gasteiger charge is -2.21. The first-order chi connectivity index (χ1) is 13.0. The van der Waals surface area contributed by atoms with Gasteiger partial charge in [-0.3, -0.25) is 9.78 Å². The molecule has 0 fully saturated rings. The fourth-order valence-corrected chi connectivity index (χ4v) is 3.24. The molecular formula is C20H20N4O3. The third-order valence-electron chi connectivity index (χ3n) is 4.71. The van der Waals surface area contributed by atoms with Gasteiger partial charge in [0.05, 0.1) is 23.0 Å². The molecule has 0 radical (unpaired) electrons. The monoisotopic (exact) mass is 364 g/mol. The summed E-state index contributed by atoms with van der Waals surface area (Å²) in [5.41, 5.74) is 2.97. The Morgan fingerprint density at radius 2 is 2.19 bits per heavy atom. The number of benzene rings is 1. The van der Waals surface area contributed by atoms with Gasteiger partial charge in [0.15, 0.2) is 0 Å². The van der Waals surface area contributed by atoms with Crippen LogP contribution in [-0.2, 0) is 4.79 Å². The molecule has 1 aliphatic rings. The molecule has 1 aromatic heterocycles. The number of aromatic nitrogens is 1. The first-order valence-electron chi connectivity index (χ1n) is 8.78. The van der Waals surface area contributed by atoms with Gasteiger partial charge in [0.25, 0.3) is 0 Å². The number of hydrogen-bond donors (Lipinski definition) is 3. The van der Waals surface area contributed by atoms with Gasteiger partial charge in [-0.15, -0.1) is 0 Å². The molecule has 2 heterocycles. The lowest BCUT2D eigenvalue weighted by atomic mass is 9.94. The third-order valence-corrected chi connectivity index (χ3v) is 4.71. The molecule has 2 aromatic rings. The number of fused-ring (bicyclic) bond motifs is 4. The molecule has 2 amide bonds. The van der Waals surface area contributed by atoms with Crippen molar-refractivity contribution in [3.8, 4) is 17.3 Å². The number of carbonyl (C=O) groups excluding carboxylic acids is 1. The van der Waals surface area contributed by atoms with Crippen LogP contribution in [0.15, 0.2) is 36.5 Å². The molecule has 2 bridgehead atoms. The molecule has 27 heavy (non-hydrogen) atoms. The van der Waals surface area contributed by atoms with E-state index >= 15 is 0 Å². The Kier molecular flexibility index (Phi) is 5.36. The number of carbonyl (C=O) groups is 2. The maximum atomic E-state index is 12.5. The molecule has 7 nitrogen and oxygen atoms in total. The van der Waals surface area contributed by atoms with Crippen LogP contribution < -0.4 is 10.6 Å². The number of nitrogens with one attached hydrogen (secondary N) is 2. The van der Waals surface area contributed by atoms with Crippen molar-refractivity contribution >= 4 is 17.7 Å². The molecule has 3 rings (SSSR count). The van der Waals surface area contributed by atoms with Crippen molar-refractivity contribution in [1.82, 2.24) is 10.3 Å². The van der Waals surface area contributed by atoms with Gasteiger partial charge in [-0.05, 0) is 30.5 Å². The molecule has 0 aliphatic carbocycles. The Labute approximate surface area is 157 Å². The summed E-state index contributed by atoms with van der Waals surface area (Å²) in [4.78, 5) is 28.1. The van der Waals surface area contributed by atoms with Crippen LogP contribution in [0.2, 0.25) is 0 Å². The van der Waals surface area contributed by atoms with Crippen LogP contribution in [0, 0.1) is 17.2 Å². The van der Waals surface area contributed by atoms with Crippen LogP contribution in [0.25, 0.3) is 11.3 Å². The average Bonchev–Trinajstić information content (AvgIpc) is 2.66. The average molecular weight is 364 g/mol. The van der Waals surface area contributed by atoms with Crippen molar-refractivity contribution in [3.63, 3.8) is 0 Å². The zero-order valence-corrected chi connectivity index (χ0v) is 14.9. The van der Waals surface area contributed by atoms with Gasteiger partial charge >= 0.3 is 6.09 Å². The van der Waals surface area contributed by atoms with Crippen LogP contribution >= 0.6 is 0 Å². The molecule has 2 atom stereocenters. The van der Waals surface area contributed by atoms with Gasteiger partial charge in [0.2, 0.25) is 5.91 Å². The summed E-state index contributed by atoms with van der Waals surface area (Å²) in [5, 5.41) is 23.8. The first kappa shape index (κ1) is 18.4. The van der Waals surface area contributed by atoms with Crippen molar-refractivity contribution in [3.05, 3.63) is 47.7 Å². The number of carboxylic acid groups (broad SMARTS) is 1. The number of hydrogen-bond acceptors (Lipinski definition) is 4. The zero-order valence-electron chi connectivity index (χ0n) is 14.9. The van der Waals surface area contributed by atoms with Crippen molar-refractivity contribution in [2.45, 2.75) is 32.2 Å². The Bertz CT molecular complexity index is 920. The number of rotatable bonds is 1. The van der Waals surface area contributed by atoms with Gasteiger partial charge < -0.3 is 15.7 Å². The number of anilines is 1. The quantitative estimate of drug-likeness (QED) is 0.714. The second-order valence-corrected chi connectivity index (χ2v) is 6.68. The lowest BCUT2D eigenvalue weighted by Crippen LogP contribution is -2.27. The molecule has 1 aliphatic heterocycles. The van der Waals surface area contributed by atoms with Gasteiger partial charge in [-0.2, -0.15) is 5.26 Å². The molecule has 3 N–H and O–H groups in total. The number of pyridine rings is 1. The highest BCUT2D eigenvalue weighted by Crippen LogP contribution is 2.31. The van der Waals surface area contributed by atoms with Gasteiger partial charge in [0, 0.05) is 17.7 Å². The van der Waals surface area contributed by atoms with E-state index in [0.29, 0.717) is 36.2 Å². The first-order valence-corrected chi connectivity index (χ1v) is 8.78. The van der Waals surface area contributed by atoms with Crippen LogP contribution in [0.4, 0.5) is 10.5 Å². The van der Waals surface area contributed by atoms with Crippen LogP contribution in [-0.4, -0.2) is 22.1 Å². The summed E-state index contributed by atoms with van der Waals surface area (Å²) in [6, 6.07) is 10.7. The highest BCUT2D eigenvalue weighted by Gasteiger charge is 2.21. The number of amides is 2. The number of nitriles is 1. The Morgan fingerprint density at radius 3 is 2.93 bits per heavy atom. The van der Waals surface area contributed by atoms with Crippen LogP contribution in [0.3, 0.4) is 0 Å². The molecule has 0 spiro atoms. The largest absolute Gasteiger partial charge is 0.465 e. The van der Waals surface area contributed by atoms with E-state index in [1.807, 2.05) is 37.3 Å². The molecular weight excluding hydrogens is 344 g/mol. The standard InChI is InChI=1S/C20H20N4O3/c1-12-4-2-7-16(24-20(26)27)14-5-3-6-15(9-14)18-17(23-19(12)25)8-13(10-21)11-22-18/h3,5-6,8-9,11-12,16,24H,2,4,7H2,1H3,(H,23,25)(H,26,27)/t12-,16+/m1/s1. The second kappa shape index (κ2) is 7.87. The van der Waals surface area contributed by atoms with E-state index in [4.69, 9.17) is 5.26 Å². The minimum atomic E-state index is -1.08. The summed E-state index contributed by atoms with van der Waals surface area (Å²) in [5.74, 6) is -0.389. The van der Waals surface area contributed by atoms with E-state index in [2.05, 4.69) is 15.6 Å². The highest BCUT2D eigenvalue weighted by atomic mass is 16.4. The van der Waals surface area contributed by atoms with Crippen molar-refractivity contribution in [2.75, 3.05) is 5.32 Å². The molecule has 7 heteroatoms. The van der Waals surface area contributed by atoms with E-state index in [-0.39, 0.29) is 17.9 Å². The second-order valence-electron chi connectivity index (χ2n) is 6.68. The van der Waals surface area contributed by atoms with E-state index in [1.165, 1.54) is 6.20 Å². The maximum Gasteiger partial charge on any atom is 0.405 e. The van der Waals surface area contributed by atoms with E-state index < -0.39 is 6.09 Å². The maximum absolute atomic E-state index is 12.5. The summed E-state index contributed by atoms with van der Waals surface area (Å²) in [6.45, 7) is 1.83. The predicted octanol–water partition coefficient (Wildman–Crippen LogP) is 3.69.